The summed E-state index contributed by atoms with van der Waals surface area (Å²) in [5.41, 5.74) is 10.3. The second-order valence-electron chi connectivity index (χ2n) is 7.86. The number of halogens is 1. The quantitative estimate of drug-likeness (QED) is 0.628. The molecular weight excluding hydrogens is 426 g/mol. The number of hydrogen-bond donors (Lipinski definition) is 2. The standard InChI is InChI=1S/C23H26ClN7O/c1-14-20(16-5-7-19(26-2)27-13-16)21(29-23(25)28-14)15-4-6-17(18(24)12-15)22(32)31-10-8-30(3)9-11-31/h4-7,12-13H,8-11H2,1-3H3,(H,26,27)(H2,25,28,29). The van der Waals surface area contributed by atoms with Crippen LogP contribution in [-0.2, 0) is 0 Å². The lowest BCUT2D eigenvalue weighted by molar-refractivity contribution is 0.0664. The molecular formula is C23H26ClN7O. The third kappa shape index (κ3) is 4.37. The van der Waals surface area contributed by atoms with E-state index in [4.69, 9.17) is 17.3 Å². The van der Waals surface area contributed by atoms with Crippen molar-refractivity contribution in [2.45, 2.75) is 6.92 Å². The summed E-state index contributed by atoms with van der Waals surface area (Å²) in [6.45, 7) is 4.97. The summed E-state index contributed by atoms with van der Waals surface area (Å²) >= 11 is 6.59. The van der Waals surface area contributed by atoms with Gasteiger partial charge in [0.2, 0.25) is 5.95 Å². The fourth-order valence-corrected chi connectivity index (χ4v) is 4.12. The van der Waals surface area contributed by atoms with Gasteiger partial charge in [-0.05, 0) is 38.2 Å². The lowest BCUT2D eigenvalue weighted by Crippen LogP contribution is -2.47. The molecule has 1 aliphatic heterocycles. The van der Waals surface area contributed by atoms with E-state index in [0.717, 1.165) is 41.3 Å². The number of hydrogen-bond acceptors (Lipinski definition) is 7. The SMILES string of the molecule is CNc1ccc(-c2c(C)nc(N)nc2-c2ccc(C(=O)N3CCN(C)CC3)c(Cl)c2)cn1. The van der Waals surface area contributed by atoms with E-state index < -0.39 is 0 Å². The number of nitrogens with two attached hydrogens (primary N) is 1. The zero-order valence-corrected chi connectivity index (χ0v) is 19.1. The van der Waals surface area contributed by atoms with Gasteiger partial charge in [-0.1, -0.05) is 17.7 Å². The van der Waals surface area contributed by atoms with Gasteiger partial charge in [0.15, 0.2) is 0 Å². The largest absolute Gasteiger partial charge is 0.373 e. The van der Waals surface area contributed by atoms with E-state index in [0.29, 0.717) is 29.4 Å². The molecule has 3 N–H and O–H groups in total. The summed E-state index contributed by atoms with van der Waals surface area (Å²) in [7, 11) is 3.87. The summed E-state index contributed by atoms with van der Waals surface area (Å²) in [6.07, 6.45) is 1.77. The highest BCUT2D eigenvalue weighted by Crippen LogP contribution is 2.35. The van der Waals surface area contributed by atoms with Crippen LogP contribution in [0.15, 0.2) is 36.5 Å². The number of nitrogen functional groups attached to an aromatic ring is 1. The van der Waals surface area contributed by atoms with Crippen LogP contribution in [0.1, 0.15) is 16.1 Å². The summed E-state index contributed by atoms with van der Waals surface area (Å²) in [4.78, 5) is 30.3. The Morgan fingerprint density at radius 3 is 2.44 bits per heavy atom. The Bertz CT molecular complexity index is 1140. The molecule has 1 amide bonds. The van der Waals surface area contributed by atoms with Gasteiger partial charge in [0.25, 0.3) is 5.91 Å². The molecule has 1 fully saturated rings. The number of carbonyl (C=O) groups excluding carboxylic acids is 1. The number of piperazine rings is 1. The molecule has 3 heterocycles. The molecule has 32 heavy (non-hydrogen) atoms. The third-order valence-corrected chi connectivity index (χ3v) is 5.99. The maximum absolute atomic E-state index is 13.0. The number of nitrogens with one attached hydrogen (secondary N) is 1. The topological polar surface area (TPSA) is 100 Å². The van der Waals surface area contributed by atoms with Crippen molar-refractivity contribution >= 4 is 29.3 Å². The van der Waals surface area contributed by atoms with Crippen LogP contribution in [0.2, 0.25) is 5.02 Å². The highest BCUT2D eigenvalue weighted by atomic mass is 35.5. The predicted octanol–water partition coefficient (Wildman–Crippen LogP) is 3.18. The van der Waals surface area contributed by atoms with Gasteiger partial charge in [0, 0.05) is 56.1 Å². The van der Waals surface area contributed by atoms with Gasteiger partial charge in [0.05, 0.1) is 22.0 Å². The van der Waals surface area contributed by atoms with E-state index >= 15 is 0 Å². The van der Waals surface area contributed by atoms with Gasteiger partial charge in [-0.3, -0.25) is 4.79 Å². The molecule has 166 valence electrons. The second kappa shape index (κ2) is 9.10. The number of pyridine rings is 1. The molecule has 2 aromatic heterocycles. The normalized spacial score (nSPS) is 14.4. The molecule has 0 saturated carbocycles. The maximum atomic E-state index is 13.0. The number of anilines is 2. The summed E-state index contributed by atoms with van der Waals surface area (Å²) in [5.74, 6) is 0.883. The van der Waals surface area contributed by atoms with E-state index in [1.165, 1.54) is 0 Å². The van der Waals surface area contributed by atoms with Crippen molar-refractivity contribution in [3.8, 4) is 22.4 Å². The van der Waals surface area contributed by atoms with E-state index in [9.17, 15) is 4.79 Å². The van der Waals surface area contributed by atoms with Crippen LogP contribution in [0.4, 0.5) is 11.8 Å². The van der Waals surface area contributed by atoms with E-state index in [2.05, 4.69) is 32.2 Å². The molecule has 1 saturated heterocycles. The molecule has 3 aromatic rings. The Morgan fingerprint density at radius 2 is 1.81 bits per heavy atom. The van der Waals surface area contributed by atoms with E-state index in [1.807, 2.05) is 37.1 Å². The fraction of sp³-hybridized carbons (Fsp3) is 0.304. The van der Waals surface area contributed by atoms with Crippen molar-refractivity contribution in [3.63, 3.8) is 0 Å². The smallest absolute Gasteiger partial charge is 0.255 e. The van der Waals surface area contributed by atoms with Crippen LogP contribution in [0.3, 0.4) is 0 Å². The molecule has 9 heteroatoms. The zero-order valence-electron chi connectivity index (χ0n) is 18.4. The minimum absolute atomic E-state index is 0.0555. The van der Waals surface area contributed by atoms with Gasteiger partial charge >= 0.3 is 0 Å². The zero-order chi connectivity index (χ0) is 22.8. The van der Waals surface area contributed by atoms with Gasteiger partial charge in [-0.15, -0.1) is 0 Å². The summed E-state index contributed by atoms with van der Waals surface area (Å²) < 4.78 is 0. The molecule has 4 rings (SSSR count). The number of carbonyl (C=O) groups is 1. The molecule has 1 aliphatic rings. The number of aromatic nitrogens is 3. The average molecular weight is 452 g/mol. The number of likely N-dealkylation sites (N-methyl/N-ethyl adjacent to an activating group) is 1. The molecule has 0 bridgehead atoms. The van der Waals surface area contributed by atoms with Crippen molar-refractivity contribution < 1.29 is 4.79 Å². The molecule has 0 spiro atoms. The minimum Gasteiger partial charge on any atom is -0.373 e. The summed E-state index contributed by atoms with van der Waals surface area (Å²) in [5, 5.41) is 3.40. The Balaban J connectivity index is 1.72. The Morgan fingerprint density at radius 1 is 1.09 bits per heavy atom. The maximum Gasteiger partial charge on any atom is 0.255 e. The number of benzene rings is 1. The van der Waals surface area contributed by atoms with Crippen LogP contribution < -0.4 is 11.1 Å². The molecule has 8 nitrogen and oxygen atoms in total. The average Bonchev–Trinajstić information content (AvgIpc) is 2.79. The van der Waals surface area contributed by atoms with Crippen molar-refractivity contribution in [2.24, 2.45) is 0 Å². The monoisotopic (exact) mass is 451 g/mol. The Kier molecular flexibility index (Phi) is 6.25. The van der Waals surface area contributed by atoms with Crippen LogP contribution in [-0.4, -0.2) is 70.9 Å². The fourth-order valence-electron chi connectivity index (χ4n) is 3.85. The first kappa shape index (κ1) is 22.0. The van der Waals surface area contributed by atoms with Gasteiger partial charge in [-0.25, -0.2) is 15.0 Å². The van der Waals surface area contributed by atoms with Crippen LogP contribution in [0.25, 0.3) is 22.4 Å². The van der Waals surface area contributed by atoms with Crippen molar-refractivity contribution in [2.75, 3.05) is 51.3 Å². The molecule has 0 unspecified atom stereocenters. The number of nitrogens with zero attached hydrogens (tertiary/aromatic N) is 5. The Labute approximate surface area is 192 Å². The molecule has 1 aromatic carbocycles. The highest BCUT2D eigenvalue weighted by molar-refractivity contribution is 6.34. The highest BCUT2D eigenvalue weighted by Gasteiger charge is 2.23. The van der Waals surface area contributed by atoms with Crippen LogP contribution in [0, 0.1) is 6.92 Å². The van der Waals surface area contributed by atoms with E-state index in [1.54, 1.807) is 18.3 Å². The first-order valence-corrected chi connectivity index (χ1v) is 10.8. The molecule has 0 atom stereocenters. The Hall–Kier alpha value is -3.23. The van der Waals surface area contributed by atoms with Crippen LogP contribution >= 0.6 is 11.6 Å². The second-order valence-corrected chi connectivity index (χ2v) is 8.27. The van der Waals surface area contributed by atoms with Gasteiger partial charge in [0.1, 0.15) is 5.82 Å². The number of aryl methyl sites for hydroxylation is 1. The van der Waals surface area contributed by atoms with Crippen molar-refractivity contribution in [1.29, 1.82) is 0 Å². The third-order valence-electron chi connectivity index (χ3n) is 5.68. The van der Waals surface area contributed by atoms with Crippen molar-refractivity contribution in [1.82, 2.24) is 24.8 Å². The van der Waals surface area contributed by atoms with Gasteiger partial charge < -0.3 is 20.9 Å². The number of rotatable bonds is 4. The molecule has 0 aliphatic carbocycles. The minimum atomic E-state index is -0.0555. The summed E-state index contributed by atoms with van der Waals surface area (Å²) in [6, 6.07) is 9.23. The first-order valence-electron chi connectivity index (χ1n) is 10.4. The van der Waals surface area contributed by atoms with Crippen LogP contribution in [0.5, 0.6) is 0 Å². The first-order chi connectivity index (χ1) is 15.4. The lowest BCUT2D eigenvalue weighted by atomic mass is 9.98. The molecule has 0 radical (unpaired) electrons. The van der Waals surface area contributed by atoms with Crippen molar-refractivity contribution in [3.05, 3.63) is 52.8 Å². The van der Waals surface area contributed by atoms with Gasteiger partial charge in [-0.2, -0.15) is 0 Å². The predicted molar refractivity (Wildman–Crippen MR) is 128 cm³/mol. The lowest BCUT2D eigenvalue weighted by Gasteiger charge is -2.32. The van der Waals surface area contributed by atoms with E-state index in [-0.39, 0.29) is 11.9 Å². The number of amides is 1.